The van der Waals surface area contributed by atoms with Crippen molar-refractivity contribution in [2.45, 2.75) is 26.2 Å². The lowest BCUT2D eigenvalue weighted by Gasteiger charge is -2.15. The SMILES string of the molecule is CC1CCc2nc(NC(=O)c3ccc(Cl)c(NC(=O)c4cccs4)c3)sc2C1. The number of amides is 2. The summed E-state index contributed by atoms with van der Waals surface area (Å²) in [6.07, 6.45) is 3.11. The first kappa shape index (κ1) is 19.1. The zero-order valence-corrected chi connectivity index (χ0v) is 17.5. The molecule has 0 fully saturated rings. The molecule has 0 saturated heterocycles. The van der Waals surface area contributed by atoms with Gasteiger partial charge in [-0.2, -0.15) is 0 Å². The number of thiazole rings is 1. The Morgan fingerprint density at radius 1 is 1.21 bits per heavy atom. The van der Waals surface area contributed by atoms with Crippen LogP contribution in [-0.2, 0) is 12.8 Å². The number of carbonyl (C=O) groups excluding carboxylic acids is 2. The van der Waals surface area contributed by atoms with Gasteiger partial charge in [0, 0.05) is 10.4 Å². The molecule has 0 bridgehead atoms. The summed E-state index contributed by atoms with van der Waals surface area (Å²) in [5, 5.41) is 8.45. The lowest BCUT2D eigenvalue weighted by molar-refractivity contribution is 0.101. The topological polar surface area (TPSA) is 71.1 Å². The largest absolute Gasteiger partial charge is 0.320 e. The summed E-state index contributed by atoms with van der Waals surface area (Å²) in [6.45, 7) is 2.24. The highest BCUT2D eigenvalue weighted by Gasteiger charge is 2.21. The van der Waals surface area contributed by atoms with Gasteiger partial charge in [0.25, 0.3) is 11.8 Å². The summed E-state index contributed by atoms with van der Waals surface area (Å²) in [5.74, 6) is 0.126. The minimum atomic E-state index is -0.276. The molecular weight excluding hydrogens is 414 g/mol. The molecule has 5 nitrogen and oxygen atoms in total. The summed E-state index contributed by atoms with van der Waals surface area (Å²) in [7, 11) is 0. The lowest BCUT2D eigenvalue weighted by atomic mass is 9.93. The van der Waals surface area contributed by atoms with Gasteiger partial charge < -0.3 is 5.32 Å². The molecule has 3 aromatic rings. The van der Waals surface area contributed by atoms with E-state index in [1.807, 2.05) is 5.38 Å². The van der Waals surface area contributed by atoms with Gasteiger partial charge in [-0.3, -0.25) is 14.9 Å². The van der Waals surface area contributed by atoms with Crippen LogP contribution >= 0.6 is 34.3 Å². The molecule has 1 unspecified atom stereocenters. The third-order valence-electron chi connectivity index (χ3n) is 4.63. The number of carbonyl (C=O) groups is 2. The highest BCUT2D eigenvalue weighted by Crippen LogP contribution is 2.32. The Morgan fingerprint density at radius 2 is 2.07 bits per heavy atom. The van der Waals surface area contributed by atoms with Crippen molar-refractivity contribution in [2.75, 3.05) is 10.6 Å². The van der Waals surface area contributed by atoms with Crippen molar-refractivity contribution in [3.05, 3.63) is 61.7 Å². The number of fused-ring (bicyclic) bond motifs is 1. The predicted molar refractivity (Wildman–Crippen MR) is 115 cm³/mol. The van der Waals surface area contributed by atoms with Gasteiger partial charge in [0.15, 0.2) is 5.13 Å². The average Bonchev–Trinajstić information content (AvgIpc) is 3.32. The molecule has 2 aromatic heterocycles. The van der Waals surface area contributed by atoms with E-state index in [1.165, 1.54) is 16.2 Å². The van der Waals surface area contributed by atoms with Crippen LogP contribution < -0.4 is 10.6 Å². The van der Waals surface area contributed by atoms with Crippen molar-refractivity contribution in [3.8, 4) is 0 Å². The molecule has 1 aliphatic rings. The van der Waals surface area contributed by atoms with Gasteiger partial charge in [-0.1, -0.05) is 24.6 Å². The second-order valence-electron chi connectivity index (χ2n) is 6.82. The zero-order valence-electron chi connectivity index (χ0n) is 15.1. The number of rotatable bonds is 4. The number of nitrogens with one attached hydrogen (secondary N) is 2. The number of anilines is 2. The van der Waals surface area contributed by atoms with Crippen LogP contribution in [0.25, 0.3) is 0 Å². The number of halogens is 1. The van der Waals surface area contributed by atoms with Gasteiger partial charge in [-0.15, -0.1) is 22.7 Å². The molecule has 1 aromatic carbocycles. The van der Waals surface area contributed by atoms with Gasteiger partial charge in [0.05, 0.1) is 21.3 Å². The van der Waals surface area contributed by atoms with Gasteiger partial charge in [-0.05, 0) is 54.8 Å². The molecule has 0 saturated carbocycles. The summed E-state index contributed by atoms with van der Waals surface area (Å²) < 4.78 is 0. The number of benzene rings is 1. The number of nitrogens with zero attached hydrogens (tertiary/aromatic N) is 1. The van der Waals surface area contributed by atoms with Gasteiger partial charge in [0.2, 0.25) is 0 Å². The van der Waals surface area contributed by atoms with E-state index in [1.54, 1.807) is 41.7 Å². The van der Waals surface area contributed by atoms with Crippen LogP contribution in [0.5, 0.6) is 0 Å². The van der Waals surface area contributed by atoms with E-state index in [0.717, 1.165) is 25.0 Å². The highest BCUT2D eigenvalue weighted by molar-refractivity contribution is 7.16. The third-order valence-corrected chi connectivity index (χ3v) is 6.86. The van der Waals surface area contributed by atoms with E-state index < -0.39 is 0 Å². The summed E-state index contributed by atoms with van der Waals surface area (Å²) in [6, 6.07) is 8.36. The molecule has 2 amide bonds. The van der Waals surface area contributed by atoms with Crippen LogP contribution in [0.15, 0.2) is 35.7 Å². The molecule has 4 rings (SSSR count). The van der Waals surface area contributed by atoms with Crippen LogP contribution in [0.1, 0.15) is 43.9 Å². The Morgan fingerprint density at radius 3 is 2.86 bits per heavy atom. The number of aryl methyl sites for hydroxylation is 1. The third kappa shape index (κ3) is 4.11. The van der Waals surface area contributed by atoms with Crippen molar-refractivity contribution in [1.82, 2.24) is 4.98 Å². The van der Waals surface area contributed by atoms with Crippen molar-refractivity contribution in [2.24, 2.45) is 5.92 Å². The van der Waals surface area contributed by atoms with Crippen molar-refractivity contribution >= 4 is 56.9 Å². The van der Waals surface area contributed by atoms with E-state index in [0.29, 0.717) is 32.2 Å². The second-order valence-corrected chi connectivity index (χ2v) is 9.26. The van der Waals surface area contributed by atoms with Gasteiger partial charge >= 0.3 is 0 Å². The maximum Gasteiger partial charge on any atom is 0.265 e. The average molecular weight is 432 g/mol. The molecule has 1 atom stereocenters. The van der Waals surface area contributed by atoms with Crippen molar-refractivity contribution in [1.29, 1.82) is 0 Å². The minimum absolute atomic E-state index is 0.254. The van der Waals surface area contributed by atoms with Gasteiger partial charge in [0.1, 0.15) is 0 Å². The Hall–Kier alpha value is -2.22. The fraction of sp³-hybridized carbons (Fsp3) is 0.250. The Bertz CT molecular complexity index is 1030. The first-order chi connectivity index (χ1) is 13.5. The molecule has 1 aliphatic carbocycles. The van der Waals surface area contributed by atoms with Crippen LogP contribution in [0.2, 0.25) is 5.02 Å². The summed E-state index contributed by atoms with van der Waals surface area (Å²) in [5.41, 5.74) is 1.91. The second kappa shape index (κ2) is 8.03. The Balaban J connectivity index is 1.49. The molecule has 8 heteroatoms. The highest BCUT2D eigenvalue weighted by atomic mass is 35.5. The van der Waals surface area contributed by atoms with Crippen LogP contribution in [0, 0.1) is 5.92 Å². The van der Waals surface area contributed by atoms with Crippen LogP contribution in [0.4, 0.5) is 10.8 Å². The predicted octanol–water partition coefficient (Wildman–Crippen LogP) is 5.49. The normalized spacial score (nSPS) is 15.7. The first-order valence-electron chi connectivity index (χ1n) is 8.94. The molecule has 28 heavy (non-hydrogen) atoms. The van der Waals surface area contributed by atoms with Crippen LogP contribution in [0.3, 0.4) is 0 Å². The van der Waals surface area contributed by atoms with Gasteiger partial charge in [-0.25, -0.2) is 4.98 Å². The standard InChI is InChI=1S/C20H18ClN3O2S2/c1-11-4-7-14-17(9-11)28-20(23-14)24-18(25)12-5-6-13(21)15(10-12)22-19(26)16-3-2-8-27-16/h2-3,5-6,8,10-11H,4,7,9H2,1H3,(H,22,26)(H,23,24,25). The van der Waals surface area contributed by atoms with E-state index in [4.69, 9.17) is 11.6 Å². The minimum Gasteiger partial charge on any atom is -0.320 e. The molecule has 0 radical (unpaired) electrons. The fourth-order valence-electron chi connectivity index (χ4n) is 3.12. The number of hydrogen-bond donors (Lipinski definition) is 2. The Kier molecular flexibility index (Phi) is 5.48. The zero-order chi connectivity index (χ0) is 19.7. The number of thiophene rings is 1. The number of hydrogen-bond acceptors (Lipinski definition) is 5. The Labute approximate surface area is 175 Å². The molecule has 0 spiro atoms. The summed E-state index contributed by atoms with van der Waals surface area (Å²) >= 11 is 9.08. The molecule has 2 heterocycles. The van der Waals surface area contributed by atoms with Crippen molar-refractivity contribution < 1.29 is 9.59 Å². The lowest BCUT2D eigenvalue weighted by Crippen LogP contribution is -2.14. The first-order valence-corrected chi connectivity index (χ1v) is 11.0. The van der Waals surface area contributed by atoms with E-state index in [2.05, 4.69) is 22.5 Å². The van der Waals surface area contributed by atoms with E-state index in [9.17, 15) is 9.59 Å². The monoisotopic (exact) mass is 431 g/mol. The van der Waals surface area contributed by atoms with Crippen LogP contribution in [-0.4, -0.2) is 16.8 Å². The molecule has 2 N–H and O–H groups in total. The molecule has 0 aliphatic heterocycles. The summed E-state index contributed by atoms with van der Waals surface area (Å²) in [4.78, 5) is 31.3. The molecular formula is C20H18ClN3O2S2. The quantitative estimate of drug-likeness (QED) is 0.573. The maximum atomic E-state index is 12.7. The maximum absolute atomic E-state index is 12.7. The fourth-order valence-corrected chi connectivity index (χ4v) is 5.07. The van der Waals surface area contributed by atoms with E-state index in [-0.39, 0.29) is 11.8 Å². The molecule has 144 valence electrons. The van der Waals surface area contributed by atoms with Crippen molar-refractivity contribution in [3.63, 3.8) is 0 Å². The van der Waals surface area contributed by atoms with E-state index >= 15 is 0 Å². The number of aromatic nitrogens is 1. The smallest absolute Gasteiger partial charge is 0.265 e.